The second-order valence-electron chi connectivity index (χ2n) is 1.84. The normalized spacial score (nSPS) is 9.30. The van der Waals surface area contributed by atoms with Crippen LogP contribution in [0.15, 0.2) is 12.2 Å². The van der Waals surface area contributed by atoms with Crippen LogP contribution in [-0.2, 0) is 9.53 Å². The van der Waals surface area contributed by atoms with E-state index in [1.54, 1.807) is 0 Å². The molecule has 3 nitrogen and oxygen atoms in total. The number of hydrogen-bond donors (Lipinski definition) is 0. The molecule has 0 aromatic rings. The molecule has 0 heterocycles. The van der Waals surface area contributed by atoms with Gasteiger partial charge in [-0.3, -0.25) is 0 Å². The molecule has 0 bridgehead atoms. The maximum absolute atomic E-state index is 10.0. The van der Waals surface area contributed by atoms with Gasteiger partial charge in [-0.15, -0.1) is 0 Å². The quantitative estimate of drug-likeness (QED) is 0.393. The number of carboxylic acids is 1. The van der Waals surface area contributed by atoms with Crippen LogP contribution in [0.4, 0.5) is 0 Å². The first-order chi connectivity index (χ1) is 4.68. The van der Waals surface area contributed by atoms with Gasteiger partial charge in [0.1, 0.15) is 0 Å². The number of carboxylic acid groups (broad SMARTS) is 1. The zero-order valence-corrected chi connectivity index (χ0v) is 6.05. The highest BCUT2D eigenvalue weighted by Gasteiger charge is 1.93. The summed E-state index contributed by atoms with van der Waals surface area (Å²) in [4.78, 5) is 10.0. The van der Waals surface area contributed by atoms with E-state index in [1.165, 1.54) is 0 Å². The Morgan fingerprint density at radius 3 is 2.70 bits per heavy atom. The summed E-state index contributed by atoms with van der Waals surface area (Å²) in [5.74, 6) is -1.19. The second-order valence-corrected chi connectivity index (χ2v) is 1.84. The predicted molar refractivity (Wildman–Crippen MR) is 35.3 cm³/mol. The Morgan fingerprint density at radius 2 is 2.30 bits per heavy atom. The molecule has 0 aliphatic carbocycles. The Bertz CT molecular complexity index is 129. The lowest BCUT2D eigenvalue weighted by Gasteiger charge is -2.05. The van der Waals surface area contributed by atoms with Crippen LogP contribution >= 0.6 is 0 Å². The Kier molecular flexibility index (Phi) is 4.58. The molecular formula is C7H11O3-. The van der Waals surface area contributed by atoms with Gasteiger partial charge in [-0.1, -0.05) is 6.58 Å². The van der Waals surface area contributed by atoms with Gasteiger partial charge in [0, 0.05) is 6.61 Å². The standard InChI is InChI=1S/C7H12O3/c1-3-10-5-4-6(2)7(8)9/h2-5H2,1H3,(H,8,9)/p-1. The summed E-state index contributed by atoms with van der Waals surface area (Å²) in [5.41, 5.74) is 0.0912. The predicted octanol–water partition coefficient (Wildman–Crippen LogP) is -0.281. The van der Waals surface area contributed by atoms with Gasteiger partial charge >= 0.3 is 0 Å². The van der Waals surface area contributed by atoms with Crippen molar-refractivity contribution >= 4 is 5.97 Å². The minimum Gasteiger partial charge on any atom is -0.545 e. The van der Waals surface area contributed by atoms with E-state index in [-0.39, 0.29) is 5.57 Å². The molecule has 0 aliphatic heterocycles. The summed E-state index contributed by atoms with van der Waals surface area (Å²) in [6, 6.07) is 0. The van der Waals surface area contributed by atoms with Gasteiger partial charge in [-0.05, 0) is 18.9 Å². The van der Waals surface area contributed by atoms with E-state index in [1.807, 2.05) is 6.92 Å². The number of rotatable bonds is 5. The molecule has 10 heavy (non-hydrogen) atoms. The van der Waals surface area contributed by atoms with Crippen LogP contribution in [0.2, 0.25) is 0 Å². The molecule has 0 saturated heterocycles. The van der Waals surface area contributed by atoms with Crippen LogP contribution in [0.3, 0.4) is 0 Å². The molecule has 0 unspecified atom stereocenters. The van der Waals surface area contributed by atoms with Crippen molar-refractivity contribution in [2.75, 3.05) is 13.2 Å². The zero-order valence-electron chi connectivity index (χ0n) is 6.05. The molecule has 0 fully saturated rings. The summed E-state index contributed by atoms with van der Waals surface area (Å²) >= 11 is 0. The van der Waals surface area contributed by atoms with Crippen LogP contribution in [0.25, 0.3) is 0 Å². The van der Waals surface area contributed by atoms with Crippen molar-refractivity contribution in [3.8, 4) is 0 Å². The third kappa shape index (κ3) is 4.09. The molecule has 0 N–H and O–H groups in total. The van der Waals surface area contributed by atoms with Crippen LogP contribution in [0, 0.1) is 0 Å². The minimum absolute atomic E-state index is 0.0912. The van der Waals surface area contributed by atoms with Gasteiger partial charge in [-0.2, -0.15) is 0 Å². The van der Waals surface area contributed by atoms with Gasteiger partial charge in [0.05, 0.1) is 12.6 Å². The number of hydrogen-bond acceptors (Lipinski definition) is 3. The van der Waals surface area contributed by atoms with E-state index >= 15 is 0 Å². The number of carbonyl (C=O) groups excluding carboxylic acids is 1. The average Bonchev–Trinajstić information content (AvgIpc) is 1.88. The maximum Gasteiger partial charge on any atom is 0.0669 e. The zero-order chi connectivity index (χ0) is 7.98. The molecule has 0 amide bonds. The van der Waals surface area contributed by atoms with E-state index < -0.39 is 5.97 Å². The maximum atomic E-state index is 10.0. The van der Waals surface area contributed by atoms with Crippen molar-refractivity contribution in [2.24, 2.45) is 0 Å². The molecule has 0 radical (unpaired) electrons. The molecule has 0 aliphatic rings. The summed E-state index contributed by atoms with van der Waals surface area (Å²) in [6.07, 6.45) is 0.343. The van der Waals surface area contributed by atoms with E-state index in [0.29, 0.717) is 19.6 Å². The Morgan fingerprint density at radius 1 is 1.70 bits per heavy atom. The van der Waals surface area contributed by atoms with Gasteiger partial charge < -0.3 is 14.6 Å². The first-order valence-corrected chi connectivity index (χ1v) is 3.15. The largest absolute Gasteiger partial charge is 0.545 e. The molecule has 3 heteroatoms. The lowest BCUT2D eigenvalue weighted by atomic mass is 10.2. The lowest BCUT2D eigenvalue weighted by Crippen LogP contribution is -2.24. The van der Waals surface area contributed by atoms with Crippen molar-refractivity contribution in [3.63, 3.8) is 0 Å². The summed E-state index contributed by atoms with van der Waals surface area (Å²) in [7, 11) is 0. The van der Waals surface area contributed by atoms with Crippen LogP contribution in [0.5, 0.6) is 0 Å². The van der Waals surface area contributed by atoms with Gasteiger partial charge in [0.25, 0.3) is 0 Å². The third-order valence-corrected chi connectivity index (χ3v) is 1.04. The summed E-state index contributed by atoms with van der Waals surface area (Å²) in [6.45, 7) is 6.14. The number of carbonyl (C=O) groups is 1. The molecule has 0 atom stereocenters. The second kappa shape index (κ2) is 4.99. The lowest BCUT2D eigenvalue weighted by molar-refractivity contribution is -0.299. The summed E-state index contributed by atoms with van der Waals surface area (Å²) < 4.78 is 4.90. The molecular weight excluding hydrogens is 132 g/mol. The number of ether oxygens (including phenoxy) is 1. The van der Waals surface area contributed by atoms with Crippen molar-refractivity contribution < 1.29 is 14.6 Å². The van der Waals surface area contributed by atoms with Gasteiger partial charge in [0.2, 0.25) is 0 Å². The SMILES string of the molecule is C=C(CCOCC)C(=O)[O-]. The highest BCUT2D eigenvalue weighted by Crippen LogP contribution is 1.95. The van der Waals surface area contributed by atoms with E-state index in [2.05, 4.69) is 6.58 Å². The Labute approximate surface area is 60.3 Å². The highest BCUT2D eigenvalue weighted by molar-refractivity contribution is 5.83. The van der Waals surface area contributed by atoms with Crippen molar-refractivity contribution in [2.45, 2.75) is 13.3 Å². The van der Waals surface area contributed by atoms with Crippen LogP contribution in [0.1, 0.15) is 13.3 Å². The Balaban J connectivity index is 3.31. The molecule has 0 rings (SSSR count). The first kappa shape index (κ1) is 9.17. The van der Waals surface area contributed by atoms with Crippen molar-refractivity contribution in [1.29, 1.82) is 0 Å². The van der Waals surface area contributed by atoms with Crippen LogP contribution in [-0.4, -0.2) is 19.2 Å². The fraction of sp³-hybridized carbons (Fsp3) is 0.571. The van der Waals surface area contributed by atoms with E-state index in [4.69, 9.17) is 4.74 Å². The molecule has 0 spiro atoms. The fourth-order valence-electron chi connectivity index (χ4n) is 0.442. The minimum atomic E-state index is -1.19. The average molecular weight is 143 g/mol. The topological polar surface area (TPSA) is 49.4 Å². The van der Waals surface area contributed by atoms with E-state index in [9.17, 15) is 9.90 Å². The van der Waals surface area contributed by atoms with Gasteiger partial charge in [-0.25, -0.2) is 0 Å². The smallest absolute Gasteiger partial charge is 0.0669 e. The van der Waals surface area contributed by atoms with Crippen LogP contribution < -0.4 is 5.11 Å². The molecule has 0 saturated carbocycles. The summed E-state index contributed by atoms with van der Waals surface area (Å²) in [5, 5.41) is 10.0. The monoisotopic (exact) mass is 143 g/mol. The highest BCUT2D eigenvalue weighted by atomic mass is 16.5. The Hall–Kier alpha value is -0.830. The molecule has 0 aromatic carbocycles. The molecule has 58 valence electrons. The third-order valence-electron chi connectivity index (χ3n) is 1.04. The van der Waals surface area contributed by atoms with E-state index in [0.717, 1.165) is 0 Å². The first-order valence-electron chi connectivity index (χ1n) is 3.15. The van der Waals surface area contributed by atoms with Gasteiger partial charge in [0.15, 0.2) is 0 Å². The molecule has 0 aromatic heterocycles. The number of aliphatic carboxylic acids is 1. The van der Waals surface area contributed by atoms with Crippen molar-refractivity contribution in [1.82, 2.24) is 0 Å². The fourth-order valence-corrected chi connectivity index (χ4v) is 0.442. The van der Waals surface area contributed by atoms with Crippen molar-refractivity contribution in [3.05, 3.63) is 12.2 Å².